The summed E-state index contributed by atoms with van der Waals surface area (Å²) < 4.78 is 12.4. The molecule has 24 heavy (non-hydrogen) atoms. The van der Waals surface area contributed by atoms with Crippen LogP contribution in [-0.2, 0) is 4.74 Å². The lowest BCUT2D eigenvalue weighted by Crippen LogP contribution is -2.42. The van der Waals surface area contributed by atoms with Gasteiger partial charge in [-0.25, -0.2) is 9.78 Å². The first-order valence-electron chi connectivity index (χ1n) is 8.37. The number of carbonyl (C=O) groups excluding carboxylic acids is 1. The van der Waals surface area contributed by atoms with Gasteiger partial charge < -0.3 is 14.4 Å². The van der Waals surface area contributed by atoms with Crippen molar-refractivity contribution in [3.8, 4) is 5.19 Å². The fourth-order valence-corrected chi connectivity index (χ4v) is 3.53. The van der Waals surface area contributed by atoms with E-state index in [1.807, 2.05) is 39.0 Å². The summed E-state index contributed by atoms with van der Waals surface area (Å²) in [6.07, 6.45) is 1.65. The Labute approximate surface area is 146 Å². The number of piperidine rings is 1. The Hall–Kier alpha value is -1.82. The summed E-state index contributed by atoms with van der Waals surface area (Å²) in [5.74, 6) is 0.454. The summed E-state index contributed by atoms with van der Waals surface area (Å²) in [6.45, 7) is 7.78. The van der Waals surface area contributed by atoms with Crippen LogP contribution in [0.5, 0.6) is 5.19 Å². The molecule has 0 aliphatic carbocycles. The summed E-state index contributed by atoms with van der Waals surface area (Å²) >= 11 is 1.58. The predicted octanol–water partition coefficient (Wildman–Crippen LogP) is 4.32. The zero-order valence-corrected chi connectivity index (χ0v) is 15.3. The number of fused-ring (bicyclic) bond motifs is 1. The normalized spacial score (nSPS) is 16.4. The van der Waals surface area contributed by atoms with Crippen LogP contribution in [-0.4, -0.2) is 41.3 Å². The van der Waals surface area contributed by atoms with Crippen molar-refractivity contribution in [2.45, 2.75) is 39.2 Å². The number of rotatable bonds is 3. The predicted molar refractivity (Wildman–Crippen MR) is 95.6 cm³/mol. The molecule has 3 rings (SSSR count). The van der Waals surface area contributed by atoms with Crippen LogP contribution in [0.15, 0.2) is 24.3 Å². The van der Waals surface area contributed by atoms with Gasteiger partial charge in [0, 0.05) is 13.1 Å². The molecule has 1 amide bonds. The molecule has 2 aromatic rings. The second-order valence-electron chi connectivity index (χ2n) is 7.17. The molecule has 5 nitrogen and oxygen atoms in total. The van der Waals surface area contributed by atoms with Gasteiger partial charge in [0.1, 0.15) is 5.60 Å². The van der Waals surface area contributed by atoms with Gasteiger partial charge >= 0.3 is 6.09 Å². The van der Waals surface area contributed by atoms with Gasteiger partial charge in [0.25, 0.3) is 5.19 Å². The molecule has 0 atom stereocenters. The van der Waals surface area contributed by atoms with Crippen molar-refractivity contribution >= 4 is 27.6 Å². The molecule has 0 unspecified atom stereocenters. The van der Waals surface area contributed by atoms with Crippen LogP contribution in [0.2, 0.25) is 0 Å². The lowest BCUT2D eigenvalue weighted by atomic mass is 9.98. The Balaban J connectivity index is 1.46. The average molecular weight is 348 g/mol. The molecule has 0 saturated carbocycles. The summed E-state index contributed by atoms with van der Waals surface area (Å²) in [7, 11) is 0. The maximum Gasteiger partial charge on any atom is 0.410 e. The highest BCUT2D eigenvalue weighted by Crippen LogP contribution is 2.28. The van der Waals surface area contributed by atoms with Crippen LogP contribution in [0.25, 0.3) is 10.2 Å². The van der Waals surface area contributed by atoms with E-state index >= 15 is 0 Å². The maximum atomic E-state index is 12.1. The second kappa shape index (κ2) is 6.97. The minimum Gasteiger partial charge on any atom is -0.470 e. The highest BCUT2D eigenvalue weighted by atomic mass is 32.1. The number of amides is 1. The molecule has 0 N–H and O–H groups in total. The molecule has 0 bridgehead atoms. The number of nitrogens with zero attached hydrogens (tertiary/aromatic N) is 2. The van der Waals surface area contributed by atoms with Crippen molar-refractivity contribution in [3.63, 3.8) is 0 Å². The minimum absolute atomic E-state index is 0.215. The van der Waals surface area contributed by atoms with Crippen LogP contribution < -0.4 is 4.74 Å². The van der Waals surface area contributed by atoms with Crippen molar-refractivity contribution < 1.29 is 14.3 Å². The van der Waals surface area contributed by atoms with E-state index in [9.17, 15) is 4.79 Å². The lowest BCUT2D eigenvalue weighted by Gasteiger charge is -2.33. The van der Waals surface area contributed by atoms with Crippen LogP contribution in [0.4, 0.5) is 4.79 Å². The van der Waals surface area contributed by atoms with Crippen LogP contribution >= 0.6 is 11.3 Å². The number of benzene rings is 1. The van der Waals surface area contributed by atoms with Gasteiger partial charge in [0.15, 0.2) is 0 Å². The summed E-state index contributed by atoms with van der Waals surface area (Å²) in [6, 6.07) is 8.05. The number of aromatic nitrogens is 1. The number of para-hydroxylation sites is 1. The molecular weight excluding hydrogens is 324 g/mol. The van der Waals surface area contributed by atoms with E-state index < -0.39 is 5.60 Å². The van der Waals surface area contributed by atoms with E-state index in [0.29, 0.717) is 12.5 Å². The van der Waals surface area contributed by atoms with E-state index in [-0.39, 0.29) is 6.09 Å². The standard InChI is InChI=1S/C18H24N2O3S/c1-18(2,3)23-17(21)20-10-8-13(9-11-20)12-22-16-19-14-6-4-5-7-15(14)24-16/h4-7,13H,8-12H2,1-3H3. The zero-order valence-electron chi connectivity index (χ0n) is 14.4. The SMILES string of the molecule is CC(C)(C)OC(=O)N1CCC(COc2nc3ccccc3s2)CC1. The molecule has 1 aliphatic rings. The summed E-state index contributed by atoms with van der Waals surface area (Å²) in [4.78, 5) is 18.3. The molecular formula is C18H24N2O3S. The Kier molecular flexibility index (Phi) is 4.94. The molecule has 1 fully saturated rings. The molecule has 2 heterocycles. The van der Waals surface area contributed by atoms with E-state index in [1.165, 1.54) is 0 Å². The number of hydrogen-bond acceptors (Lipinski definition) is 5. The van der Waals surface area contributed by atoms with Crippen molar-refractivity contribution in [1.29, 1.82) is 0 Å². The Morgan fingerprint density at radius 2 is 2.00 bits per heavy atom. The van der Waals surface area contributed by atoms with Crippen LogP contribution in [0.3, 0.4) is 0 Å². The van der Waals surface area contributed by atoms with E-state index in [4.69, 9.17) is 9.47 Å². The highest BCUT2D eigenvalue weighted by molar-refractivity contribution is 7.20. The maximum absolute atomic E-state index is 12.1. The van der Waals surface area contributed by atoms with E-state index in [2.05, 4.69) is 11.1 Å². The van der Waals surface area contributed by atoms with Gasteiger partial charge in [-0.2, -0.15) is 0 Å². The molecule has 130 valence electrons. The molecule has 6 heteroatoms. The summed E-state index contributed by atoms with van der Waals surface area (Å²) in [5.41, 5.74) is 0.543. The largest absolute Gasteiger partial charge is 0.470 e. The monoisotopic (exact) mass is 348 g/mol. The Bertz CT molecular complexity index is 667. The van der Waals surface area contributed by atoms with Crippen LogP contribution in [0, 0.1) is 5.92 Å². The number of ether oxygens (including phenoxy) is 2. The van der Waals surface area contributed by atoms with E-state index in [1.54, 1.807) is 16.2 Å². The Morgan fingerprint density at radius 1 is 1.29 bits per heavy atom. The number of carbonyl (C=O) groups is 1. The number of hydrogen-bond donors (Lipinski definition) is 0. The van der Waals surface area contributed by atoms with Gasteiger partial charge in [0.05, 0.1) is 16.8 Å². The molecule has 1 aromatic carbocycles. The van der Waals surface area contributed by atoms with Gasteiger partial charge in [-0.1, -0.05) is 23.5 Å². The third-order valence-corrected chi connectivity index (χ3v) is 4.93. The van der Waals surface area contributed by atoms with Crippen molar-refractivity contribution in [3.05, 3.63) is 24.3 Å². The smallest absolute Gasteiger partial charge is 0.410 e. The molecule has 1 saturated heterocycles. The lowest BCUT2D eigenvalue weighted by molar-refractivity contribution is 0.0165. The topological polar surface area (TPSA) is 51.7 Å². The minimum atomic E-state index is -0.441. The summed E-state index contributed by atoms with van der Waals surface area (Å²) in [5, 5.41) is 0.728. The average Bonchev–Trinajstić information content (AvgIpc) is 2.94. The number of thiazole rings is 1. The van der Waals surface area contributed by atoms with Gasteiger partial charge in [-0.15, -0.1) is 0 Å². The van der Waals surface area contributed by atoms with Crippen LogP contribution in [0.1, 0.15) is 33.6 Å². The fourth-order valence-electron chi connectivity index (χ4n) is 2.71. The number of likely N-dealkylation sites (tertiary alicyclic amines) is 1. The molecule has 0 spiro atoms. The second-order valence-corrected chi connectivity index (χ2v) is 8.16. The fraction of sp³-hybridized carbons (Fsp3) is 0.556. The van der Waals surface area contributed by atoms with Gasteiger partial charge in [-0.05, 0) is 51.7 Å². The Morgan fingerprint density at radius 3 is 2.67 bits per heavy atom. The zero-order chi connectivity index (χ0) is 17.2. The quantitative estimate of drug-likeness (QED) is 0.829. The van der Waals surface area contributed by atoms with Crippen molar-refractivity contribution in [2.24, 2.45) is 5.92 Å². The molecule has 0 radical (unpaired) electrons. The van der Waals surface area contributed by atoms with E-state index in [0.717, 1.165) is 41.3 Å². The first-order chi connectivity index (χ1) is 11.4. The highest BCUT2D eigenvalue weighted by Gasteiger charge is 2.27. The molecule has 1 aliphatic heterocycles. The van der Waals surface area contributed by atoms with Gasteiger partial charge in [-0.3, -0.25) is 0 Å². The van der Waals surface area contributed by atoms with Crippen molar-refractivity contribution in [2.75, 3.05) is 19.7 Å². The first kappa shape index (κ1) is 17.0. The first-order valence-corrected chi connectivity index (χ1v) is 9.19. The third kappa shape index (κ3) is 4.38. The third-order valence-electron chi connectivity index (χ3n) is 3.98. The van der Waals surface area contributed by atoms with Gasteiger partial charge in [0.2, 0.25) is 0 Å². The van der Waals surface area contributed by atoms with Crippen molar-refractivity contribution in [1.82, 2.24) is 9.88 Å². The molecule has 1 aromatic heterocycles.